The molecular formula is C15H16FN3O2. The lowest BCUT2D eigenvalue weighted by Gasteiger charge is -2.25. The van der Waals surface area contributed by atoms with Crippen LogP contribution in [0.15, 0.2) is 42.7 Å². The number of nitrogens with two attached hydrogens (primary N) is 1. The van der Waals surface area contributed by atoms with E-state index in [9.17, 15) is 9.18 Å². The molecule has 0 fully saturated rings. The number of benzene rings is 1. The molecule has 0 bridgehead atoms. The second-order valence-corrected chi connectivity index (χ2v) is 4.64. The molecule has 1 aromatic heterocycles. The summed E-state index contributed by atoms with van der Waals surface area (Å²) in [5, 5.41) is 8.86. The highest BCUT2D eigenvalue weighted by molar-refractivity contribution is 5.70. The van der Waals surface area contributed by atoms with Crippen molar-refractivity contribution in [2.45, 2.75) is 13.0 Å². The van der Waals surface area contributed by atoms with E-state index >= 15 is 0 Å². The van der Waals surface area contributed by atoms with Crippen molar-refractivity contribution in [1.82, 2.24) is 4.98 Å². The van der Waals surface area contributed by atoms with E-state index in [0.717, 1.165) is 11.9 Å². The van der Waals surface area contributed by atoms with Crippen molar-refractivity contribution in [3.05, 3.63) is 54.1 Å². The third-order valence-corrected chi connectivity index (χ3v) is 3.01. The van der Waals surface area contributed by atoms with E-state index in [-0.39, 0.29) is 13.0 Å². The zero-order chi connectivity index (χ0) is 15.2. The fraction of sp³-hybridized carbons (Fsp3) is 0.200. The van der Waals surface area contributed by atoms with E-state index in [1.165, 1.54) is 6.07 Å². The molecule has 2 aromatic rings. The van der Waals surface area contributed by atoms with Crippen molar-refractivity contribution < 1.29 is 14.3 Å². The molecule has 0 aliphatic rings. The molecule has 2 rings (SSSR count). The Labute approximate surface area is 121 Å². The number of hydrogen-bond donors (Lipinski definition) is 2. The van der Waals surface area contributed by atoms with Crippen LogP contribution in [0, 0.1) is 5.82 Å². The van der Waals surface area contributed by atoms with E-state index < -0.39 is 11.8 Å². The largest absolute Gasteiger partial charge is 0.481 e. The van der Waals surface area contributed by atoms with Gasteiger partial charge >= 0.3 is 5.97 Å². The molecule has 0 saturated heterocycles. The highest BCUT2D eigenvalue weighted by Crippen LogP contribution is 2.24. The second-order valence-electron chi connectivity index (χ2n) is 4.64. The lowest BCUT2D eigenvalue weighted by atomic mass is 10.2. The van der Waals surface area contributed by atoms with Crippen LogP contribution in [0.2, 0.25) is 0 Å². The Kier molecular flexibility index (Phi) is 4.71. The molecule has 0 amide bonds. The average molecular weight is 289 g/mol. The normalized spacial score (nSPS) is 10.3. The third kappa shape index (κ3) is 4.17. The van der Waals surface area contributed by atoms with Crippen LogP contribution in [0.5, 0.6) is 0 Å². The van der Waals surface area contributed by atoms with Crippen molar-refractivity contribution in [1.29, 1.82) is 0 Å². The van der Waals surface area contributed by atoms with Crippen LogP contribution in [0.4, 0.5) is 15.8 Å². The summed E-state index contributed by atoms with van der Waals surface area (Å²) < 4.78 is 13.2. The van der Waals surface area contributed by atoms with Crippen LogP contribution in [-0.4, -0.2) is 22.6 Å². The first-order chi connectivity index (χ1) is 10.1. The first-order valence-corrected chi connectivity index (χ1v) is 6.47. The van der Waals surface area contributed by atoms with Gasteiger partial charge in [0, 0.05) is 19.3 Å². The van der Waals surface area contributed by atoms with Crippen LogP contribution in [0.1, 0.15) is 12.0 Å². The maximum absolute atomic E-state index is 13.2. The molecule has 6 heteroatoms. The van der Waals surface area contributed by atoms with Gasteiger partial charge in [0.1, 0.15) is 5.82 Å². The quantitative estimate of drug-likeness (QED) is 0.798. The molecule has 21 heavy (non-hydrogen) atoms. The Balaban J connectivity index is 2.23. The first-order valence-electron chi connectivity index (χ1n) is 6.47. The Bertz CT molecular complexity index is 634. The predicted octanol–water partition coefficient (Wildman–Crippen LogP) is 2.28. The summed E-state index contributed by atoms with van der Waals surface area (Å²) in [6.45, 7) is 0.617. The zero-order valence-electron chi connectivity index (χ0n) is 11.4. The van der Waals surface area contributed by atoms with Gasteiger partial charge in [-0.25, -0.2) is 4.39 Å². The Morgan fingerprint density at radius 2 is 2.10 bits per heavy atom. The molecule has 0 atom stereocenters. The monoisotopic (exact) mass is 289 g/mol. The van der Waals surface area contributed by atoms with Gasteiger partial charge in [-0.1, -0.05) is 12.1 Å². The molecule has 0 radical (unpaired) electrons. The number of carboxylic acid groups (broad SMARTS) is 1. The number of aromatic nitrogens is 1. The van der Waals surface area contributed by atoms with Crippen molar-refractivity contribution in [3.8, 4) is 0 Å². The Morgan fingerprint density at radius 1 is 1.33 bits per heavy atom. The molecule has 110 valence electrons. The van der Waals surface area contributed by atoms with Crippen molar-refractivity contribution in [2.24, 2.45) is 0 Å². The molecule has 1 heterocycles. The maximum Gasteiger partial charge on any atom is 0.305 e. The molecule has 0 aliphatic heterocycles. The number of nitrogens with zero attached hydrogens (tertiary/aromatic N) is 2. The highest BCUT2D eigenvalue weighted by Gasteiger charge is 2.12. The van der Waals surface area contributed by atoms with Gasteiger partial charge in [-0.05, 0) is 23.8 Å². The number of carboxylic acids is 1. The Hall–Kier alpha value is -2.63. The number of rotatable bonds is 6. The molecule has 3 N–H and O–H groups in total. The molecule has 0 aliphatic carbocycles. The maximum atomic E-state index is 13.2. The van der Waals surface area contributed by atoms with Gasteiger partial charge in [-0.2, -0.15) is 0 Å². The molecule has 0 spiro atoms. The number of carbonyl (C=O) groups is 1. The second kappa shape index (κ2) is 6.69. The number of hydrogen-bond acceptors (Lipinski definition) is 4. The molecule has 0 unspecified atom stereocenters. The van der Waals surface area contributed by atoms with E-state index in [0.29, 0.717) is 17.8 Å². The summed E-state index contributed by atoms with van der Waals surface area (Å²) in [4.78, 5) is 16.4. The molecule has 5 nitrogen and oxygen atoms in total. The SMILES string of the molecule is Nc1ccccc1N(CCC(=O)O)Cc1cncc(F)c1. The standard InChI is InChI=1S/C15H16FN3O2/c16-12-7-11(8-18-9-12)10-19(6-5-15(20)21)14-4-2-1-3-13(14)17/h1-4,7-9H,5-6,10,17H2,(H,20,21). The van der Waals surface area contributed by atoms with Gasteiger partial charge < -0.3 is 15.7 Å². The number of para-hydroxylation sites is 2. The number of anilines is 2. The van der Waals surface area contributed by atoms with Crippen LogP contribution < -0.4 is 10.6 Å². The molecule has 1 aromatic carbocycles. The number of aliphatic carboxylic acids is 1. The smallest absolute Gasteiger partial charge is 0.305 e. The summed E-state index contributed by atoms with van der Waals surface area (Å²) in [5.74, 6) is -1.32. The number of halogens is 1. The summed E-state index contributed by atoms with van der Waals surface area (Å²) in [6, 6.07) is 8.55. The van der Waals surface area contributed by atoms with E-state index in [1.807, 2.05) is 12.1 Å². The van der Waals surface area contributed by atoms with Gasteiger partial charge in [0.2, 0.25) is 0 Å². The van der Waals surface area contributed by atoms with Gasteiger partial charge in [0.05, 0.1) is 24.0 Å². The average Bonchev–Trinajstić information content (AvgIpc) is 2.44. The van der Waals surface area contributed by atoms with E-state index in [2.05, 4.69) is 4.98 Å². The highest BCUT2D eigenvalue weighted by atomic mass is 19.1. The van der Waals surface area contributed by atoms with E-state index in [4.69, 9.17) is 10.8 Å². The molecule has 0 saturated carbocycles. The minimum atomic E-state index is -0.896. The predicted molar refractivity (Wildman–Crippen MR) is 78.4 cm³/mol. The Morgan fingerprint density at radius 3 is 2.76 bits per heavy atom. The van der Waals surface area contributed by atoms with Crippen molar-refractivity contribution in [2.75, 3.05) is 17.2 Å². The van der Waals surface area contributed by atoms with Crippen molar-refractivity contribution in [3.63, 3.8) is 0 Å². The summed E-state index contributed by atoms with van der Waals surface area (Å²) in [7, 11) is 0. The fourth-order valence-electron chi connectivity index (χ4n) is 2.05. The number of nitrogen functional groups attached to an aromatic ring is 1. The van der Waals surface area contributed by atoms with Crippen LogP contribution in [-0.2, 0) is 11.3 Å². The van der Waals surface area contributed by atoms with Crippen LogP contribution >= 0.6 is 0 Å². The summed E-state index contributed by atoms with van der Waals surface area (Å²) in [6.07, 6.45) is 2.65. The van der Waals surface area contributed by atoms with Gasteiger partial charge in [-0.15, -0.1) is 0 Å². The number of pyridine rings is 1. The van der Waals surface area contributed by atoms with Crippen LogP contribution in [0.25, 0.3) is 0 Å². The minimum Gasteiger partial charge on any atom is -0.481 e. The fourth-order valence-corrected chi connectivity index (χ4v) is 2.05. The van der Waals surface area contributed by atoms with Gasteiger partial charge in [-0.3, -0.25) is 9.78 Å². The third-order valence-electron chi connectivity index (χ3n) is 3.01. The zero-order valence-corrected chi connectivity index (χ0v) is 11.4. The topological polar surface area (TPSA) is 79.5 Å². The van der Waals surface area contributed by atoms with Crippen LogP contribution in [0.3, 0.4) is 0 Å². The van der Waals surface area contributed by atoms with Gasteiger partial charge in [0.15, 0.2) is 0 Å². The lowest BCUT2D eigenvalue weighted by Crippen LogP contribution is -2.26. The molecular weight excluding hydrogens is 273 g/mol. The minimum absolute atomic E-state index is 0.0307. The van der Waals surface area contributed by atoms with E-state index in [1.54, 1.807) is 23.2 Å². The summed E-state index contributed by atoms with van der Waals surface area (Å²) in [5.41, 5.74) is 7.86. The van der Waals surface area contributed by atoms with Crippen molar-refractivity contribution >= 4 is 17.3 Å². The first kappa shape index (κ1) is 14.8. The summed E-state index contributed by atoms with van der Waals surface area (Å²) >= 11 is 0. The lowest BCUT2D eigenvalue weighted by molar-refractivity contribution is -0.136. The van der Waals surface area contributed by atoms with Gasteiger partial charge in [0.25, 0.3) is 0 Å².